The molecule has 0 saturated carbocycles. The lowest BCUT2D eigenvalue weighted by Gasteiger charge is -2.29. The van der Waals surface area contributed by atoms with Crippen molar-refractivity contribution in [2.45, 2.75) is 26.4 Å². The maximum Gasteiger partial charge on any atom is 0.370 e. The van der Waals surface area contributed by atoms with Gasteiger partial charge >= 0.3 is 11.7 Å². The van der Waals surface area contributed by atoms with E-state index in [1.807, 2.05) is 24.4 Å². The quantitative estimate of drug-likeness (QED) is 0.748. The summed E-state index contributed by atoms with van der Waals surface area (Å²) in [6, 6.07) is 3.70. The number of ether oxygens (including phenoxy) is 1. The molecule has 0 aliphatic carbocycles. The van der Waals surface area contributed by atoms with Crippen LogP contribution in [0.1, 0.15) is 19.8 Å². The molecule has 3 heterocycles. The van der Waals surface area contributed by atoms with Gasteiger partial charge in [-0.25, -0.2) is 4.79 Å². The molecule has 0 bridgehead atoms. The SMILES string of the molecule is CCOC(=O)C1CCN(Cn2nnn(-c3cccs3)c2=O)CC1. The van der Waals surface area contributed by atoms with Gasteiger partial charge in [0, 0.05) is 13.1 Å². The van der Waals surface area contributed by atoms with Gasteiger partial charge in [0.25, 0.3) is 0 Å². The lowest BCUT2D eigenvalue weighted by molar-refractivity contribution is -0.149. The predicted octanol–water partition coefficient (Wildman–Crippen LogP) is 0.723. The van der Waals surface area contributed by atoms with E-state index in [9.17, 15) is 9.59 Å². The normalized spacial score (nSPS) is 16.6. The lowest BCUT2D eigenvalue weighted by atomic mass is 9.97. The summed E-state index contributed by atoms with van der Waals surface area (Å²) in [5.41, 5.74) is -0.250. The number of aromatic nitrogens is 4. The monoisotopic (exact) mass is 337 g/mol. The van der Waals surface area contributed by atoms with Crippen LogP contribution < -0.4 is 5.69 Å². The third-order valence-electron chi connectivity index (χ3n) is 3.90. The minimum absolute atomic E-state index is 0.0373. The van der Waals surface area contributed by atoms with Crippen molar-refractivity contribution in [3.63, 3.8) is 0 Å². The number of carbonyl (C=O) groups excluding carboxylic acids is 1. The highest BCUT2D eigenvalue weighted by molar-refractivity contribution is 7.12. The molecule has 1 aliphatic heterocycles. The molecule has 1 fully saturated rings. The lowest BCUT2D eigenvalue weighted by Crippen LogP contribution is -2.40. The second-order valence-corrected chi connectivity index (χ2v) is 6.34. The van der Waals surface area contributed by atoms with Gasteiger partial charge in [-0.05, 0) is 47.7 Å². The standard InChI is InChI=1S/C14H19N5O3S/c1-2-22-13(20)11-5-7-17(8-6-11)10-18-14(21)19(16-15-18)12-4-3-9-23-12/h3-4,9,11H,2,5-8,10H2,1H3. The van der Waals surface area contributed by atoms with Crippen LogP contribution in [-0.2, 0) is 16.2 Å². The van der Waals surface area contributed by atoms with Crippen LogP contribution in [0.15, 0.2) is 22.3 Å². The molecule has 0 N–H and O–H groups in total. The molecule has 2 aromatic rings. The van der Waals surface area contributed by atoms with Crippen molar-refractivity contribution >= 4 is 17.3 Å². The van der Waals surface area contributed by atoms with E-state index in [-0.39, 0.29) is 17.6 Å². The molecule has 1 aliphatic rings. The summed E-state index contributed by atoms with van der Waals surface area (Å²) in [5.74, 6) is -0.155. The van der Waals surface area contributed by atoms with Gasteiger partial charge < -0.3 is 4.74 Å². The van der Waals surface area contributed by atoms with Crippen LogP contribution in [0, 0.1) is 5.92 Å². The Labute approximate surface area is 137 Å². The van der Waals surface area contributed by atoms with E-state index in [0.29, 0.717) is 13.3 Å². The number of hydrogen-bond acceptors (Lipinski definition) is 7. The third kappa shape index (κ3) is 3.50. The first-order chi connectivity index (χ1) is 11.2. The van der Waals surface area contributed by atoms with E-state index in [1.54, 1.807) is 0 Å². The van der Waals surface area contributed by atoms with Crippen LogP contribution >= 0.6 is 11.3 Å². The average Bonchev–Trinajstić information content (AvgIpc) is 3.19. The molecule has 0 atom stereocenters. The number of carbonyl (C=O) groups is 1. The molecular weight excluding hydrogens is 318 g/mol. The summed E-state index contributed by atoms with van der Waals surface area (Å²) in [5, 5.41) is 10.5. The summed E-state index contributed by atoms with van der Waals surface area (Å²) in [6.45, 7) is 4.10. The van der Waals surface area contributed by atoms with Crippen molar-refractivity contribution in [3.8, 4) is 5.00 Å². The Morgan fingerprint density at radius 2 is 2.17 bits per heavy atom. The number of hydrogen-bond donors (Lipinski definition) is 0. The van der Waals surface area contributed by atoms with Crippen LogP contribution in [0.2, 0.25) is 0 Å². The summed E-state index contributed by atoms with van der Waals surface area (Å²) in [7, 11) is 0. The molecule has 1 saturated heterocycles. The van der Waals surface area contributed by atoms with Gasteiger partial charge in [0.2, 0.25) is 0 Å². The number of thiophene rings is 1. The first-order valence-corrected chi connectivity index (χ1v) is 8.52. The molecule has 2 aromatic heterocycles. The van der Waals surface area contributed by atoms with E-state index in [1.165, 1.54) is 20.7 Å². The number of rotatable bonds is 5. The van der Waals surface area contributed by atoms with E-state index < -0.39 is 0 Å². The van der Waals surface area contributed by atoms with Crippen LogP contribution in [0.25, 0.3) is 5.00 Å². The van der Waals surface area contributed by atoms with Crippen LogP contribution in [0.5, 0.6) is 0 Å². The number of esters is 1. The van der Waals surface area contributed by atoms with Gasteiger partial charge in [-0.2, -0.15) is 9.36 Å². The molecule has 0 radical (unpaired) electrons. The molecule has 0 spiro atoms. The second-order valence-electron chi connectivity index (χ2n) is 5.41. The first-order valence-electron chi connectivity index (χ1n) is 7.64. The number of tetrazole rings is 1. The smallest absolute Gasteiger partial charge is 0.370 e. The van der Waals surface area contributed by atoms with Crippen LogP contribution in [-0.4, -0.2) is 50.4 Å². The van der Waals surface area contributed by atoms with Gasteiger partial charge in [0.1, 0.15) is 11.7 Å². The summed E-state index contributed by atoms with van der Waals surface area (Å²) in [4.78, 5) is 26.1. The van der Waals surface area contributed by atoms with E-state index in [4.69, 9.17) is 4.74 Å². The highest BCUT2D eigenvalue weighted by Crippen LogP contribution is 2.18. The van der Waals surface area contributed by atoms with Crippen LogP contribution in [0.4, 0.5) is 0 Å². The zero-order valence-corrected chi connectivity index (χ0v) is 13.7. The van der Waals surface area contributed by atoms with Crippen molar-refractivity contribution in [2.75, 3.05) is 19.7 Å². The molecule has 0 aromatic carbocycles. The molecule has 0 amide bonds. The highest BCUT2D eigenvalue weighted by atomic mass is 32.1. The maximum atomic E-state index is 12.3. The van der Waals surface area contributed by atoms with Crippen molar-refractivity contribution in [1.29, 1.82) is 0 Å². The topological polar surface area (TPSA) is 82.2 Å². The highest BCUT2D eigenvalue weighted by Gasteiger charge is 2.26. The fraction of sp³-hybridized carbons (Fsp3) is 0.571. The number of likely N-dealkylation sites (tertiary alicyclic amines) is 1. The summed E-state index contributed by atoms with van der Waals surface area (Å²) >= 11 is 1.44. The Balaban J connectivity index is 1.59. The minimum atomic E-state index is -0.250. The molecule has 8 nitrogen and oxygen atoms in total. The van der Waals surface area contributed by atoms with Crippen molar-refractivity contribution in [1.82, 2.24) is 24.7 Å². The fourth-order valence-electron chi connectivity index (χ4n) is 2.65. The van der Waals surface area contributed by atoms with E-state index >= 15 is 0 Å². The molecule has 124 valence electrons. The van der Waals surface area contributed by atoms with E-state index in [2.05, 4.69) is 15.3 Å². The van der Waals surface area contributed by atoms with Gasteiger partial charge in [-0.15, -0.1) is 11.3 Å². The Morgan fingerprint density at radius 3 is 2.83 bits per heavy atom. The Kier molecular flexibility index (Phi) is 4.87. The molecule has 23 heavy (non-hydrogen) atoms. The molecular formula is C14H19N5O3S. The zero-order valence-electron chi connectivity index (χ0n) is 12.9. The van der Waals surface area contributed by atoms with Gasteiger partial charge in [-0.3, -0.25) is 9.69 Å². The second kappa shape index (κ2) is 7.05. The summed E-state index contributed by atoms with van der Waals surface area (Å²) in [6.07, 6.45) is 1.49. The fourth-order valence-corrected chi connectivity index (χ4v) is 3.32. The van der Waals surface area contributed by atoms with Crippen LogP contribution in [0.3, 0.4) is 0 Å². The molecule has 3 rings (SSSR count). The van der Waals surface area contributed by atoms with Gasteiger partial charge in [0.05, 0.1) is 12.5 Å². The maximum absolute atomic E-state index is 12.3. The summed E-state index contributed by atoms with van der Waals surface area (Å²) < 4.78 is 7.71. The largest absolute Gasteiger partial charge is 0.466 e. The van der Waals surface area contributed by atoms with Crippen molar-refractivity contribution in [2.24, 2.45) is 5.92 Å². The van der Waals surface area contributed by atoms with E-state index in [0.717, 1.165) is 30.9 Å². The third-order valence-corrected chi connectivity index (χ3v) is 4.74. The average molecular weight is 337 g/mol. The zero-order chi connectivity index (χ0) is 16.2. The Hall–Kier alpha value is -2.00. The Morgan fingerprint density at radius 1 is 1.39 bits per heavy atom. The van der Waals surface area contributed by atoms with Crippen molar-refractivity contribution in [3.05, 3.63) is 28.0 Å². The van der Waals surface area contributed by atoms with Crippen molar-refractivity contribution < 1.29 is 9.53 Å². The molecule has 0 unspecified atom stereocenters. The first kappa shape index (κ1) is 15.9. The molecule has 9 heteroatoms. The number of piperidine rings is 1. The van der Waals surface area contributed by atoms with Gasteiger partial charge in [-0.1, -0.05) is 0 Å². The number of nitrogens with zero attached hydrogens (tertiary/aromatic N) is 5. The Bertz CT molecular complexity index is 700. The van der Waals surface area contributed by atoms with Gasteiger partial charge in [0.15, 0.2) is 0 Å². The minimum Gasteiger partial charge on any atom is -0.466 e. The predicted molar refractivity (Wildman–Crippen MR) is 84.4 cm³/mol.